The maximum absolute atomic E-state index is 4.41. The summed E-state index contributed by atoms with van der Waals surface area (Å²) in [5.74, 6) is 0. The van der Waals surface area contributed by atoms with Crippen LogP contribution in [0.4, 0.5) is 0 Å². The summed E-state index contributed by atoms with van der Waals surface area (Å²) in [6.07, 6.45) is 9.92. The van der Waals surface area contributed by atoms with Gasteiger partial charge in [-0.2, -0.15) is 0 Å². The third-order valence-corrected chi connectivity index (χ3v) is 3.78. The molecule has 2 nitrogen and oxygen atoms in total. The molecule has 2 heteroatoms. The highest BCUT2D eigenvalue weighted by Crippen LogP contribution is 2.21. The van der Waals surface area contributed by atoms with Crippen molar-refractivity contribution in [3.63, 3.8) is 0 Å². The molecule has 2 rings (SSSR count). The molecule has 98 valence electrons. The summed E-state index contributed by atoms with van der Waals surface area (Å²) in [4.78, 5) is 4.41. The Morgan fingerprint density at radius 2 is 1.89 bits per heavy atom. The van der Waals surface area contributed by atoms with Gasteiger partial charge in [0.1, 0.15) is 0 Å². The monoisotopic (exact) mass is 244 g/mol. The third-order valence-electron chi connectivity index (χ3n) is 3.78. The first-order chi connectivity index (χ1) is 8.66. The lowest BCUT2D eigenvalue weighted by atomic mass is 10.1. The lowest BCUT2D eigenvalue weighted by molar-refractivity contribution is 0.525. The van der Waals surface area contributed by atoms with E-state index in [-0.39, 0.29) is 0 Å². The maximum Gasteiger partial charge on any atom is 0.0465 e. The first-order valence-corrected chi connectivity index (χ1v) is 7.06. The summed E-state index contributed by atoms with van der Waals surface area (Å²) in [7, 11) is 0. The highest BCUT2D eigenvalue weighted by atomic mass is 14.9. The van der Waals surface area contributed by atoms with Crippen LogP contribution in [0.25, 0.3) is 5.70 Å². The van der Waals surface area contributed by atoms with Crippen molar-refractivity contribution in [1.29, 1.82) is 0 Å². The van der Waals surface area contributed by atoms with Crippen LogP contribution in [0.1, 0.15) is 55.3 Å². The van der Waals surface area contributed by atoms with Gasteiger partial charge in [-0.3, -0.25) is 4.98 Å². The predicted molar refractivity (Wildman–Crippen MR) is 77.4 cm³/mol. The van der Waals surface area contributed by atoms with Gasteiger partial charge in [0.2, 0.25) is 0 Å². The predicted octanol–water partition coefficient (Wildman–Crippen LogP) is 3.98. The van der Waals surface area contributed by atoms with Crippen LogP contribution in [-0.2, 0) is 0 Å². The van der Waals surface area contributed by atoms with Gasteiger partial charge in [-0.25, -0.2) is 0 Å². The molecular weight excluding hydrogens is 220 g/mol. The summed E-state index contributed by atoms with van der Waals surface area (Å²) >= 11 is 0. The molecule has 0 bridgehead atoms. The first kappa shape index (κ1) is 13.1. The zero-order chi connectivity index (χ0) is 13.0. The molecule has 0 atom stereocenters. The van der Waals surface area contributed by atoms with E-state index in [4.69, 9.17) is 0 Å². The maximum atomic E-state index is 4.41. The van der Waals surface area contributed by atoms with Gasteiger partial charge >= 0.3 is 0 Å². The normalized spacial score (nSPS) is 17.2. The Morgan fingerprint density at radius 3 is 2.56 bits per heavy atom. The molecule has 1 aromatic heterocycles. The molecule has 0 unspecified atom stereocenters. The molecule has 1 aliphatic carbocycles. The minimum absolute atomic E-state index is 0.597. The summed E-state index contributed by atoms with van der Waals surface area (Å²) in [5, 5.41) is 3.61. The van der Waals surface area contributed by atoms with Crippen LogP contribution in [0, 0.1) is 13.8 Å². The van der Waals surface area contributed by atoms with Crippen LogP contribution in [-0.4, -0.2) is 11.0 Å². The van der Waals surface area contributed by atoms with Gasteiger partial charge in [0.15, 0.2) is 0 Å². The molecule has 1 N–H and O–H groups in total. The average Bonchev–Trinajstić information content (AvgIpc) is 2.61. The van der Waals surface area contributed by atoms with Gasteiger partial charge in [0.25, 0.3) is 0 Å². The Morgan fingerprint density at radius 1 is 1.22 bits per heavy atom. The fourth-order valence-electron chi connectivity index (χ4n) is 2.69. The second kappa shape index (κ2) is 6.03. The zero-order valence-corrected chi connectivity index (χ0v) is 11.6. The SMILES string of the molecule is C=C(NC1CCCCCC1)c1cc(C)cnc1C. The van der Waals surface area contributed by atoms with Gasteiger partial charge in [0.05, 0.1) is 0 Å². The Kier molecular flexibility index (Phi) is 4.40. The Hall–Kier alpha value is -1.31. The molecule has 1 saturated carbocycles. The van der Waals surface area contributed by atoms with Crippen molar-refractivity contribution < 1.29 is 0 Å². The van der Waals surface area contributed by atoms with Crippen LogP contribution in [0.15, 0.2) is 18.8 Å². The molecule has 1 aliphatic rings. The average molecular weight is 244 g/mol. The second-order valence-electron chi connectivity index (χ2n) is 5.46. The van der Waals surface area contributed by atoms with E-state index in [9.17, 15) is 0 Å². The zero-order valence-electron chi connectivity index (χ0n) is 11.6. The van der Waals surface area contributed by atoms with Crippen LogP contribution in [0.2, 0.25) is 0 Å². The van der Waals surface area contributed by atoms with Gasteiger partial charge in [-0.1, -0.05) is 32.3 Å². The minimum Gasteiger partial charge on any atom is -0.382 e. The molecular formula is C16H24N2. The lowest BCUT2D eigenvalue weighted by Crippen LogP contribution is -2.27. The first-order valence-electron chi connectivity index (χ1n) is 7.06. The molecule has 1 heterocycles. The smallest absolute Gasteiger partial charge is 0.0465 e. The second-order valence-corrected chi connectivity index (χ2v) is 5.46. The van der Waals surface area contributed by atoms with E-state index in [2.05, 4.69) is 36.8 Å². The van der Waals surface area contributed by atoms with Crippen LogP contribution < -0.4 is 5.32 Å². The number of hydrogen-bond acceptors (Lipinski definition) is 2. The van der Waals surface area contributed by atoms with Crippen molar-refractivity contribution in [1.82, 2.24) is 10.3 Å². The molecule has 0 aliphatic heterocycles. The Balaban J connectivity index is 2.04. The van der Waals surface area contributed by atoms with Crippen LogP contribution in [0.3, 0.4) is 0 Å². The number of hydrogen-bond donors (Lipinski definition) is 1. The standard InChI is InChI=1S/C16H24N2/c1-12-10-16(13(2)17-11-12)14(3)18-15-8-6-4-5-7-9-15/h10-11,15,18H,3-9H2,1-2H3. The molecule has 1 aromatic rings. The number of aromatic nitrogens is 1. The summed E-state index contributed by atoms with van der Waals surface area (Å²) in [5.41, 5.74) is 4.46. The third kappa shape index (κ3) is 3.34. The highest BCUT2D eigenvalue weighted by molar-refractivity contribution is 5.64. The molecule has 18 heavy (non-hydrogen) atoms. The van der Waals surface area contributed by atoms with Crippen molar-refractivity contribution >= 4 is 5.70 Å². The van der Waals surface area contributed by atoms with Gasteiger partial charge < -0.3 is 5.32 Å². The summed E-state index contributed by atoms with van der Waals surface area (Å²) < 4.78 is 0. The number of rotatable bonds is 3. The number of nitrogens with one attached hydrogen (secondary N) is 1. The molecule has 0 radical (unpaired) electrons. The van der Waals surface area contributed by atoms with Crippen molar-refractivity contribution in [2.45, 2.75) is 58.4 Å². The van der Waals surface area contributed by atoms with Gasteiger partial charge in [-0.05, 0) is 38.3 Å². The fraction of sp³-hybridized carbons (Fsp3) is 0.562. The van der Waals surface area contributed by atoms with Crippen molar-refractivity contribution in [2.24, 2.45) is 0 Å². The van der Waals surface area contributed by atoms with Crippen molar-refractivity contribution in [3.8, 4) is 0 Å². The Bertz CT molecular complexity index is 415. The molecule has 0 spiro atoms. The highest BCUT2D eigenvalue weighted by Gasteiger charge is 2.14. The van der Waals surface area contributed by atoms with E-state index in [1.807, 2.05) is 6.20 Å². The van der Waals surface area contributed by atoms with E-state index < -0.39 is 0 Å². The van der Waals surface area contributed by atoms with E-state index in [0.717, 1.165) is 11.4 Å². The van der Waals surface area contributed by atoms with Crippen LogP contribution >= 0.6 is 0 Å². The van der Waals surface area contributed by atoms with E-state index in [0.29, 0.717) is 6.04 Å². The van der Waals surface area contributed by atoms with Crippen LogP contribution in [0.5, 0.6) is 0 Å². The van der Waals surface area contributed by atoms with E-state index >= 15 is 0 Å². The molecule has 0 amide bonds. The number of aryl methyl sites for hydroxylation is 2. The minimum atomic E-state index is 0.597. The largest absolute Gasteiger partial charge is 0.382 e. The molecule has 0 saturated heterocycles. The lowest BCUT2D eigenvalue weighted by Gasteiger charge is -2.20. The summed E-state index contributed by atoms with van der Waals surface area (Å²) in [6.45, 7) is 8.33. The van der Waals surface area contributed by atoms with Crippen molar-refractivity contribution in [3.05, 3.63) is 35.7 Å². The number of pyridine rings is 1. The topological polar surface area (TPSA) is 24.9 Å². The van der Waals surface area contributed by atoms with E-state index in [1.165, 1.54) is 49.7 Å². The van der Waals surface area contributed by atoms with Crippen molar-refractivity contribution in [2.75, 3.05) is 0 Å². The van der Waals surface area contributed by atoms with Gasteiger partial charge in [0, 0.05) is 29.2 Å². The Labute approximate surface area is 111 Å². The van der Waals surface area contributed by atoms with E-state index in [1.54, 1.807) is 0 Å². The summed E-state index contributed by atoms with van der Waals surface area (Å²) in [6, 6.07) is 2.77. The molecule has 1 fully saturated rings. The fourth-order valence-corrected chi connectivity index (χ4v) is 2.69. The number of nitrogens with zero attached hydrogens (tertiary/aromatic N) is 1. The quantitative estimate of drug-likeness (QED) is 0.813. The van der Waals surface area contributed by atoms with Gasteiger partial charge in [-0.15, -0.1) is 0 Å². The molecule has 0 aromatic carbocycles.